The normalized spacial score (nSPS) is 33.1. The largest absolute Gasteiger partial charge is 0.480 e. The van der Waals surface area contributed by atoms with Crippen LogP contribution in [0.1, 0.15) is 33.6 Å². The molecule has 0 aromatic rings. The lowest BCUT2D eigenvalue weighted by atomic mass is 10.1. The molecule has 0 aliphatic carbocycles. The van der Waals surface area contributed by atoms with Crippen LogP contribution in [0.2, 0.25) is 0 Å². The fourth-order valence-corrected chi connectivity index (χ4v) is 3.53. The lowest BCUT2D eigenvalue weighted by Gasteiger charge is -2.39. The first-order valence-electron chi connectivity index (χ1n) is 7.45. The molecule has 114 valence electrons. The van der Waals surface area contributed by atoms with E-state index in [4.69, 9.17) is 0 Å². The number of carboxylic acid groups (broad SMARTS) is 1. The molecule has 2 rings (SSSR count). The summed E-state index contributed by atoms with van der Waals surface area (Å²) in [6, 6.07) is -0.223. The van der Waals surface area contributed by atoms with E-state index in [2.05, 4.69) is 24.1 Å². The highest BCUT2D eigenvalue weighted by Crippen LogP contribution is 2.27. The molecule has 0 bridgehead atoms. The molecule has 6 nitrogen and oxygen atoms in total. The molecule has 2 N–H and O–H groups in total. The Morgan fingerprint density at radius 2 is 1.85 bits per heavy atom. The van der Waals surface area contributed by atoms with Crippen LogP contribution in [0.3, 0.4) is 0 Å². The van der Waals surface area contributed by atoms with Crippen molar-refractivity contribution in [1.29, 1.82) is 0 Å². The predicted octanol–water partition coefficient (Wildman–Crippen LogP) is 0.133. The van der Waals surface area contributed by atoms with Gasteiger partial charge in [-0.15, -0.1) is 0 Å². The zero-order valence-electron chi connectivity index (χ0n) is 12.5. The van der Waals surface area contributed by atoms with Crippen LogP contribution in [0.5, 0.6) is 0 Å². The summed E-state index contributed by atoms with van der Waals surface area (Å²) in [6.45, 7) is 7.64. The van der Waals surface area contributed by atoms with Crippen molar-refractivity contribution in [2.45, 2.75) is 57.8 Å². The molecule has 0 radical (unpaired) electrons. The van der Waals surface area contributed by atoms with Crippen molar-refractivity contribution in [2.75, 3.05) is 19.6 Å². The molecular weight excluding hydrogens is 258 g/mol. The molecule has 1 amide bonds. The van der Waals surface area contributed by atoms with Gasteiger partial charge in [-0.2, -0.15) is 0 Å². The minimum Gasteiger partial charge on any atom is -0.480 e. The third kappa shape index (κ3) is 2.81. The number of aliphatic carboxylic acids is 1. The van der Waals surface area contributed by atoms with E-state index >= 15 is 0 Å². The standard InChI is InChI=1S/C14H25N3O3/c1-9-4-5-10(2)17(9)11(3)13(18)16-7-6-15-8-12(16)14(19)20/h9-12,15H,4-8H2,1-3H3,(H,19,20). The number of carbonyl (C=O) groups excluding carboxylic acids is 1. The molecule has 6 heteroatoms. The Labute approximate surface area is 120 Å². The van der Waals surface area contributed by atoms with Crippen LogP contribution in [0.15, 0.2) is 0 Å². The molecule has 0 aromatic heterocycles. The van der Waals surface area contributed by atoms with Crippen molar-refractivity contribution < 1.29 is 14.7 Å². The maximum atomic E-state index is 12.7. The zero-order chi connectivity index (χ0) is 14.9. The van der Waals surface area contributed by atoms with E-state index in [1.54, 1.807) is 0 Å². The Hall–Kier alpha value is -1.14. The summed E-state index contributed by atoms with van der Waals surface area (Å²) in [6.07, 6.45) is 2.20. The molecule has 4 unspecified atom stereocenters. The quantitative estimate of drug-likeness (QED) is 0.770. The number of carbonyl (C=O) groups is 2. The van der Waals surface area contributed by atoms with Crippen LogP contribution in [0, 0.1) is 0 Å². The maximum absolute atomic E-state index is 12.7. The highest BCUT2D eigenvalue weighted by molar-refractivity contribution is 5.87. The first-order chi connectivity index (χ1) is 9.43. The summed E-state index contributed by atoms with van der Waals surface area (Å²) >= 11 is 0. The van der Waals surface area contributed by atoms with Gasteiger partial charge in [0.15, 0.2) is 0 Å². The van der Waals surface area contributed by atoms with Gasteiger partial charge in [0.2, 0.25) is 5.91 Å². The topological polar surface area (TPSA) is 72.9 Å². The van der Waals surface area contributed by atoms with Gasteiger partial charge in [0.25, 0.3) is 0 Å². The number of piperazine rings is 1. The Morgan fingerprint density at radius 1 is 1.25 bits per heavy atom. The molecule has 0 saturated carbocycles. The minimum absolute atomic E-state index is 0.0560. The van der Waals surface area contributed by atoms with E-state index in [1.165, 1.54) is 4.90 Å². The highest BCUT2D eigenvalue weighted by Gasteiger charge is 2.39. The average Bonchev–Trinajstić information content (AvgIpc) is 2.76. The molecule has 2 heterocycles. The summed E-state index contributed by atoms with van der Waals surface area (Å²) in [5.41, 5.74) is 0. The van der Waals surface area contributed by atoms with E-state index in [0.29, 0.717) is 31.7 Å². The predicted molar refractivity (Wildman–Crippen MR) is 75.5 cm³/mol. The van der Waals surface area contributed by atoms with E-state index in [1.807, 2.05) is 6.92 Å². The van der Waals surface area contributed by atoms with Gasteiger partial charge >= 0.3 is 5.97 Å². The van der Waals surface area contributed by atoms with E-state index in [-0.39, 0.29) is 11.9 Å². The lowest BCUT2D eigenvalue weighted by Crippen LogP contribution is -2.61. The number of hydrogen-bond donors (Lipinski definition) is 2. The number of amides is 1. The van der Waals surface area contributed by atoms with Crippen molar-refractivity contribution >= 4 is 11.9 Å². The number of nitrogens with one attached hydrogen (secondary N) is 1. The number of hydrogen-bond acceptors (Lipinski definition) is 4. The van der Waals surface area contributed by atoms with E-state index < -0.39 is 12.0 Å². The van der Waals surface area contributed by atoms with Crippen LogP contribution in [0.25, 0.3) is 0 Å². The fraction of sp³-hybridized carbons (Fsp3) is 0.857. The third-order valence-corrected chi connectivity index (χ3v) is 4.64. The monoisotopic (exact) mass is 283 g/mol. The van der Waals surface area contributed by atoms with E-state index in [9.17, 15) is 14.7 Å². The Bertz CT molecular complexity index is 378. The van der Waals surface area contributed by atoms with Gasteiger partial charge in [0.1, 0.15) is 6.04 Å². The van der Waals surface area contributed by atoms with Crippen LogP contribution >= 0.6 is 0 Å². The maximum Gasteiger partial charge on any atom is 0.327 e. The molecule has 2 saturated heterocycles. The minimum atomic E-state index is -0.930. The van der Waals surface area contributed by atoms with Gasteiger partial charge in [-0.25, -0.2) is 4.79 Å². The van der Waals surface area contributed by atoms with Crippen LogP contribution in [0.4, 0.5) is 0 Å². The second kappa shape index (κ2) is 6.10. The number of rotatable bonds is 3. The first kappa shape index (κ1) is 15.3. The van der Waals surface area contributed by atoms with Gasteiger partial charge in [0, 0.05) is 31.7 Å². The smallest absolute Gasteiger partial charge is 0.327 e. The van der Waals surface area contributed by atoms with E-state index in [0.717, 1.165) is 12.8 Å². The van der Waals surface area contributed by atoms with Crippen LogP contribution < -0.4 is 5.32 Å². The molecule has 0 aromatic carbocycles. The van der Waals surface area contributed by atoms with Crippen molar-refractivity contribution in [1.82, 2.24) is 15.1 Å². The van der Waals surface area contributed by atoms with Crippen molar-refractivity contribution in [2.24, 2.45) is 0 Å². The average molecular weight is 283 g/mol. The number of likely N-dealkylation sites (tertiary alicyclic amines) is 1. The van der Waals surface area contributed by atoms with Crippen molar-refractivity contribution in [3.63, 3.8) is 0 Å². The molecule has 2 aliphatic heterocycles. The van der Waals surface area contributed by atoms with Crippen molar-refractivity contribution in [3.05, 3.63) is 0 Å². The summed E-state index contributed by atoms with van der Waals surface area (Å²) in [5, 5.41) is 12.3. The van der Waals surface area contributed by atoms with Gasteiger partial charge in [-0.3, -0.25) is 9.69 Å². The first-order valence-corrected chi connectivity index (χ1v) is 7.45. The number of nitrogens with zero attached hydrogens (tertiary/aromatic N) is 2. The Kier molecular flexibility index (Phi) is 4.65. The van der Waals surface area contributed by atoms with Crippen LogP contribution in [-0.2, 0) is 9.59 Å². The van der Waals surface area contributed by atoms with Gasteiger partial charge in [-0.05, 0) is 33.6 Å². The summed E-state index contributed by atoms with van der Waals surface area (Å²) in [7, 11) is 0. The van der Waals surface area contributed by atoms with Gasteiger partial charge in [0.05, 0.1) is 6.04 Å². The van der Waals surface area contributed by atoms with Gasteiger partial charge in [-0.1, -0.05) is 0 Å². The Morgan fingerprint density at radius 3 is 2.40 bits per heavy atom. The van der Waals surface area contributed by atoms with Crippen molar-refractivity contribution in [3.8, 4) is 0 Å². The third-order valence-electron chi connectivity index (χ3n) is 4.64. The molecule has 4 atom stereocenters. The SMILES string of the molecule is CC1CCC(C)N1C(C)C(=O)N1CCNCC1C(=O)O. The zero-order valence-corrected chi connectivity index (χ0v) is 12.5. The lowest BCUT2D eigenvalue weighted by molar-refractivity contribution is -0.153. The second-order valence-electron chi connectivity index (χ2n) is 5.99. The highest BCUT2D eigenvalue weighted by atomic mass is 16.4. The molecule has 2 aliphatic rings. The van der Waals surface area contributed by atoms with Gasteiger partial charge < -0.3 is 15.3 Å². The molecule has 20 heavy (non-hydrogen) atoms. The molecule has 0 spiro atoms. The molecular formula is C14H25N3O3. The number of carboxylic acids is 1. The second-order valence-corrected chi connectivity index (χ2v) is 5.99. The molecule has 2 fully saturated rings. The van der Waals surface area contributed by atoms with Crippen LogP contribution in [-0.4, -0.2) is 70.6 Å². The summed E-state index contributed by atoms with van der Waals surface area (Å²) in [5.74, 6) is -0.986. The summed E-state index contributed by atoms with van der Waals surface area (Å²) in [4.78, 5) is 27.7. The fourth-order valence-electron chi connectivity index (χ4n) is 3.53. The Balaban J connectivity index is 2.10. The summed E-state index contributed by atoms with van der Waals surface area (Å²) < 4.78 is 0.